The van der Waals surface area contributed by atoms with Crippen molar-refractivity contribution < 1.29 is 9.90 Å². The van der Waals surface area contributed by atoms with Crippen molar-refractivity contribution in [2.45, 2.75) is 69.8 Å². The van der Waals surface area contributed by atoms with E-state index in [-0.39, 0.29) is 17.1 Å². The number of aliphatic hydroxyl groups is 1. The second-order valence-corrected chi connectivity index (χ2v) is 7.80. The van der Waals surface area contributed by atoms with Crippen LogP contribution < -0.4 is 0 Å². The molecule has 3 saturated carbocycles. The summed E-state index contributed by atoms with van der Waals surface area (Å²) in [6.45, 7) is 0. The van der Waals surface area contributed by atoms with Crippen LogP contribution in [-0.2, 0) is 4.79 Å². The summed E-state index contributed by atoms with van der Waals surface area (Å²) in [6, 6.07) is 0. The number of hydrogen-bond acceptors (Lipinski definition) is 2. The lowest BCUT2D eigenvalue weighted by atomic mass is 9.77. The van der Waals surface area contributed by atoms with Crippen LogP contribution in [0.5, 0.6) is 0 Å². The quantitative estimate of drug-likeness (QED) is 0.834. The molecule has 4 aliphatic carbocycles. The molecule has 0 saturated heterocycles. The highest BCUT2D eigenvalue weighted by Gasteiger charge is 2.70. The van der Waals surface area contributed by atoms with Gasteiger partial charge in [-0.3, -0.25) is 4.79 Å². The minimum absolute atomic E-state index is 0.0761. The average molecular weight is 286 g/mol. The molecule has 0 bridgehead atoms. The van der Waals surface area contributed by atoms with Crippen LogP contribution in [0.25, 0.3) is 0 Å². The van der Waals surface area contributed by atoms with E-state index in [0.717, 1.165) is 19.3 Å². The Hall–Kier alpha value is -0.890. The minimum Gasteiger partial charge on any atom is -0.388 e. The topological polar surface area (TPSA) is 37.3 Å². The summed E-state index contributed by atoms with van der Waals surface area (Å²) < 4.78 is 0. The Bertz CT molecular complexity index is 504. The third kappa shape index (κ3) is 2.06. The van der Waals surface area contributed by atoms with Crippen molar-refractivity contribution in [3.8, 4) is 0 Å². The van der Waals surface area contributed by atoms with Crippen LogP contribution in [0, 0.1) is 17.3 Å². The lowest BCUT2D eigenvalue weighted by Crippen LogP contribution is -2.34. The zero-order chi connectivity index (χ0) is 14.5. The van der Waals surface area contributed by atoms with E-state index in [1.54, 1.807) is 6.08 Å². The molecule has 0 aromatic carbocycles. The molecule has 1 spiro atoms. The molecule has 0 amide bonds. The molecule has 1 N–H and O–H groups in total. The van der Waals surface area contributed by atoms with Gasteiger partial charge in [-0.25, -0.2) is 0 Å². The molecule has 0 aliphatic heterocycles. The first-order chi connectivity index (χ1) is 10.1. The minimum atomic E-state index is -0.731. The van der Waals surface area contributed by atoms with E-state index in [4.69, 9.17) is 0 Å². The van der Waals surface area contributed by atoms with Crippen LogP contribution in [-0.4, -0.2) is 16.5 Å². The van der Waals surface area contributed by atoms with Gasteiger partial charge in [0.15, 0.2) is 5.78 Å². The van der Waals surface area contributed by atoms with Crippen molar-refractivity contribution in [1.29, 1.82) is 0 Å². The van der Waals surface area contributed by atoms with E-state index in [1.807, 2.05) is 6.08 Å². The molecular formula is C19H26O2. The summed E-state index contributed by atoms with van der Waals surface area (Å²) >= 11 is 0. The van der Waals surface area contributed by atoms with Gasteiger partial charge < -0.3 is 5.11 Å². The van der Waals surface area contributed by atoms with Crippen molar-refractivity contribution >= 4 is 5.78 Å². The summed E-state index contributed by atoms with van der Waals surface area (Å²) in [5.74, 6) is 0.478. The number of hydrogen-bond donors (Lipinski definition) is 1. The Labute approximate surface area is 127 Å². The Morgan fingerprint density at radius 1 is 1.00 bits per heavy atom. The van der Waals surface area contributed by atoms with Crippen molar-refractivity contribution in [2.24, 2.45) is 17.3 Å². The molecule has 21 heavy (non-hydrogen) atoms. The molecule has 2 heteroatoms. The van der Waals surface area contributed by atoms with Crippen LogP contribution in [0.3, 0.4) is 0 Å². The van der Waals surface area contributed by atoms with Crippen LogP contribution in [0.4, 0.5) is 0 Å². The van der Waals surface area contributed by atoms with Gasteiger partial charge in [-0.05, 0) is 49.7 Å². The Morgan fingerprint density at radius 2 is 1.71 bits per heavy atom. The van der Waals surface area contributed by atoms with Crippen LogP contribution >= 0.6 is 0 Å². The molecule has 114 valence electrons. The normalized spacial score (nSPS) is 38.8. The van der Waals surface area contributed by atoms with Gasteiger partial charge in [0.1, 0.15) is 0 Å². The number of carbonyl (C=O) groups is 1. The van der Waals surface area contributed by atoms with Gasteiger partial charge in [0, 0.05) is 5.41 Å². The monoisotopic (exact) mass is 286 g/mol. The van der Waals surface area contributed by atoms with E-state index in [0.29, 0.717) is 5.92 Å². The van der Waals surface area contributed by atoms with E-state index in [9.17, 15) is 9.90 Å². The molecule has 0 heterocycles. The number of allylic oxidation sites excluding steroid dienone is 3. The van der Waals surface area contributed by atoms with Gasteiger partial charge in [0.05, 0.1) is 11.5 Å². The highest BCUT2D eigenvalue weighted by molar-refractivity contribution is 5.96. The van der Waals surface area contributed by atoms with Gasteiger partial charge >= 0.3 is 0 Å². The summed E-state index contributed by atoms with van der Waals surface area (Å²) in [5, 5.41) is 11.1. The first-order valence-corrected chi connectivity index (χ1v) is 8.81. The molecule has 3 fully saturated rings. The zero-order valence-electron chi connectivity index (χ0n) is 12.8. The lowest BCUT2D eigenvalue weighted by Gasteiger charge is -2.29. The standard InChI is InChI=1S/C19H26O2/c20-17-9-8-15(14-6-2-1-3-7-14)12-16(17)19(21)13-18(19)10-4-5-11-18/h8-9,12,14,16,21H,1-7,10-11,13H2. The maximum Gasteiger partial charge on any atom is 0.165 e. The third-order valence-corrected chi connectivity index (χ3v) is 6.66. The van der Waals surface area contributed by atoms with Crippen molar-refractivity contribution in [1.82, 2.24) is 0 Å². The highest BCUT2D eigenvalue weighted by Crippen LogP contribution is 2.69. The predicted molar refractivity (Wildman–Crippen MR) is 82.8 cm³/mol. The average Bonchev–Trinajstić information content (AvgIpc) is 2.85. The molecule has 2 atom stereocenters. The fourth-order valence-electron chi connectivity index (χ4n) is 5.27. The van der Waals surface area contributed by atoms with Gasteiger partial charge in [-0.2, -0.15) is 0 Å². The summed E-state index contributed by atoms with van der Waals surface area (Å²) in [5.41, 5.74) is 0.672. The van der Waals surface area contributed by atoms with Crippen molar-refractivity contribution in [3.63, 3.8) is 0 Å². The van der Waals surface area contributed by atoms with Crippen LogP contribution in [0.2, 0.25) is 0 Å². The van der Waals surface area contributed by atoms with E-state index in [1.165, 1.54) is 50.5 Å². The Kier molecular flexibility index (Phi) is 3.15. The van der Waals surface area contributed by atoms with Gasteiger partial charge in [-0.1, -0.05) is 44.3 Å². The fraction of sp³-hybridized carbons (Fsp3) is 0.737. The van der Waals surface area contributed by atoms with Gasteiger partial charge in [-0.15, -0.1) is 0 Å². The lowest BCUT2D eigenvalue weighted by molar-refractivity contribution is -0.121. The molecule has 0 aromatic heterocycles. The molecule has 2 unspecified atom stereocenters. The second-order valence-electron chi connectivity index (χ2n) is 7.80. The number of carbonyl (C=O) groups excluding carboxylic acids is 1. The molecule has 2 nitrogen and oxygen atoms in total. The van der Waals surface area contributed by atoms with Crippen LogP contribution in [0.1, 0.15) is 64.2 Å². The fourth-order valence-corrected chi connectivity index (χ4v) is 5.27. The van der Waals surface area contributed by atoms with E-state index < -0.39 is 5.60 Å². The Balaban J connectivity index is 1.58. The highest BCUT2D eigenvalue weighted by atomic mass is 16.3. The summed E-state index contributed by atoms with van der Waals surface area (Å²) in [6.07, 6.45) is 17.9. The maximum atomic E-state index is 12.4. The summed E-state index contributed by atoms with van der Waals surface area (Å²) in [7, 11) is 0. The molecule has 4 rings (SSSR count). The van der Waals surface area contributed by atoms with E-state index in [2.05, 4.69) is 6.08 Å². The van der Waals surface area contributed by atoms with Gasteiger partial charge in [0.25, 0.3) is 0 Å². The Morgan fingerprint density at radius 3 is 2.43 bits per heavy atom. The van der Waals surface area contributed by atoms with Crippen molar-refractivity contribution in [2.75, 3.05) is 0 Å². The first kappa shape index (κ1) is 13.8. The molecular weight excluding hydrogens is 260 g/mol. The molecule has 4 aliphatic rings. The SMILES string of the molecule is O=C1C=CC(C2CCCCC2)=CC1C1(O)CC12CCCC2. The van der Waals surface area contributed by atoms with Crippen LogP contribution in [0.15, 0.2) is 23.8 Å². The first-order valence-electron chi connectivity index (χ1n) is 8.81. The number of rotatable bonds is 2. The smallest absolute Gasteiger partial charge is 0.165 e. The molecule has 0 aromatic rings. The van der Waals surface area contributed by atoms with E-state index >= 15 is 0 Å². The maximum absolute atomic E-state index is 12.4. The van der Waals surface area contributed by atoms with Crippen molar-refractivity contribution in [3.05, 3.63) is 23.8 Å². The predicted octanol–water partition coefficient (Wildman–Crippen LogP) is 3.94. The zero-order valence-corrected chi connectivity index (χ0v) is 12.8. The molecule has 0 radical (unpaired) electrons. The summed E-state index contributed by atoms with van der Waals surface area (Å²) in [4.78, 5) is 12.4. The third-order valence-electron chi connectivity index (χ3n) is 6.66. The number of ketones is 1. The second kappa shape index (κ2) is 4.81. The largest absolute Gasteiger partial charge is 0.388 e. The van der Waals surface area contributed by atoms with Gasteiger partial charge in [0.2, 0.25) is 0 Å².